The lowest BCUT2D eigenvalue weighted by Gasteiger charge is -2.44. The van der Waals surface area contributed by atoms with Crippen molar-refractivity contribution in [2.75, 3.05) is 13.7 Å². The molecule has 2 fully saturated rings. The van der Waals surface area contributed by atoms with Gasteiger partial charge in [0.05, 0.1) is 17.3 Å². The van der Waals surface area contributed by atoms with Gasteiger partial charge < -0.3 is 14.6 Å². The van der Waals surface area contributed by atoms with E-state index in [0.29, 0.717) is 5.92 Å². The molecule has 106 valence electrons. The molecule has 1 aliphatic carbocycles. The highest BCUT2D eigenvalue weighted by Crippen LogP contribution is 2.44. The van der Waals surface area contributed by atoms with E-state index in [2.05, 4.69) is 6.92 Å². The maximum Gasteiger partial charge on any atom is 0.0908 e. The van der Waals surface area contributed by atoms with Gasteiger partial charge in [0.2, 0.25) is 0 Å². The summed E-state index contributed by atoms with van der Waals surface area (Å²) < 4.78 is 11.6. The van der Waals surface area contributed by atoms with Crippen LogP contribution in [0.1, 0.15) is 58.8 Å². The van der Waals surface area contributed by atoms with Crippen LogP contribution >= 0.6 is 0 Å². The van der Waals surface area contributed by atoms with Crippen LogP contribution < -0.4 is 0 Å². The molecule has 1 heterocycles. The Morgan fingerprint density at radius 1 is 1.44 bits per heavy atom. The molecule has 18 heavy (non-hydrogen) atoms. The zero-order chi connectivity index (χ0) is 13.2. The maximum atomic E-state index is 10.7. The van der Waals surface area contributed by atoms with Gasteiger partial charge >= 0.3 is 0 Å². The highest BCUT2D eigenvalue weighted by atomic mass is 16.5. The van der Waals surface area contributed by atoms with Gasteiger partial charge in [-0.25, -0.2) is 0 Å². The van der Waals surface area contributed by atoms with E-state index in [1.165, 1.54) is 25.7 Å². The molecule has 1 spiro atoms. The summed E-state index contributed by atoms with van der Waals surface area (Å²) in [5, 5.41) is 10.7. The summed E-state index contributed by atoms with van der Waals surface area (Å²) in [6.45, 7) is 4.90. The lowest BCUT2D eigenvalue weighted by atomic mass is 9.76. The quantitative estimate of drug-likeness (QED) is 0.840. The minimum absolute atomic E-state index is 0.0757. The van der Waals surface area contributed by atoms with Gasteiger partial charge in [-0.2, -0.15) is 0 Å². The molecule has 1 N–H and O–H groups in total. The highest BCUT2D eigenvalue weighted by molar-refractivity contribution is 4.96. The maximum absolute atomic E-state index is 10.7. The number of aliphatic hydroxyl groups is 1. The van der Waals surface area contributed by atoms with Crippen molar-refractivity contribution in [3.05, 3.63) is 0 Å². The van der Waals surface area contributed by atoms with E-state index in [0.717, 1.165) is 25.9 Å². The van der Waals surface area contributed by atoms with Crippen molar-refractivity contribution in [2.45, 2.75) is 76.1 Å². The number of methoxy groups -OCH3 is 1. The second-order valence-corrected chi connectivity index (χ2v) is 6.31. The van der Waals surface area contributed by atoms with Crippen LogP contribution in [0.25, 0.3) is 0 Å². The minimum Gasteiger partial charge on any atom is -0.390 e. The third-order valence-corrected chi connectivity index (χ3v) is 5.29. The Bertz CT molecular complexity index is 267. The van der Waals surface area contributed by atoms with Crippen LogP contribution in [0.5, 0.6) is 0 Å². The summed E-state index contributed by atoms with van der Waals surface area (Å²) in [6.07, 6.45) is 7.33. The first kappa shape index (κ1) is 14.3. The normalized spacial score (nSPS) is 32.3. The molecule has 0 aromatic rings. The van der Waals surface area contributed by atoms with Gasteiger partial charge in [-0.1, -0.05) is 19.8 Å². The molecule has 1 saturated carbocycles. The average Bonchev–Trinajstić information content (AvgIpc) is 2.85. The minimum atomic E-state index is -0.415. The molecule has 3 atom stereocenters. The van der Waals surface area contributed by atoms with E-state index in [-0.39, 0.29) is 11.7 Å². The Morgan fingerprint density at radius 3 is 2.67 bits per heavy atom. The smallest absolute Gasteiger partial charge is 0.0908 e. The van der Waals surface area contributed by atoms with Gasteiger partial charge in [-0.05, 0) is 44.9 Å². The first-order valence-electron chi connectivity index (χ1n) is 7.42. The van der Waals surface area contributed by atoms with Crippen molar-refractivity contribution in [1.29, 1.82) is 0 Å². The molecule has 0 amide bonds. The fraction of sp³-hybridized carbons (Fsp3) is 1.00. The number of rotatable bonds is 4. The Kier molecular flexibility index (Phi) is 4.35. The molecule has 0 radical (unpaired) electrons. The Morgan fingerprint density at radius 2 is 2.11 bits per heavy atom. The van der Waals surface area contributed by atoms with E-state index >= 15 is 0 Å². The predicted octanol–water partition coefficient (Wildman–Crippen LogP) is 2.90. The van der Waals surface area contributed by atoms with Crippen LogP contribution in [-0.2, 0) is 9.47 Å². The zero-order valence-corrected chi connectivity index (χ0v) is 12.1. The highest BCUT2D eigenvalue weighted by Gasteiger charge is 2.45. The predicted molar refractivity (Wildman–Crippen MR) is 71.6 cm³/mol. The molecule has 0 aromatic carbocycles. The molecule has 3 unspecified atom stereocenters. The summed E-state index contributed by atoms with van der Waals surface area (Å²) in [7, 11) is 1.71. The van der Waals surface area contributed by atoms with Crippen LogP contribution in [0.4, 0.5) is 0 Å². The third-order valence-electron chi connectivity index (χ3n) is 5.29. The number of hydrogen-bond acceptors (Lipinski definition) is 3. The van der Waals surface area contributed by atoms with Gasteiger partial charge in [0.15, 0.2) is 0 Å². The van der Waals surface area contributed by atoms with Crippen LogP contribution in [0, 0.1) is 5.92 Å². The largest absolute Gasteiger partial charge is 0.390 e. The number of ether oxygens (including phenoxy) is 2. The van der Waals surface area contributed by atoms with E-state index in [9.17, 15) is 5.11 Å². The van der Waals surface area contributed by atoms with Crippen LogP contribution in [0.15, 0.2) is 0 Å². The van der Waals surface area contributed by atoms with E-state index < -0.39 is 5.60 Å². The van der Waals surface area contributed by atoms with Crippen molar-refractivity contribution in [3.8, 4) is 0 Å². The topological polar surface area (TPSA) is 38.7 Å². The average molecular weight is 256 g/mol. The van der Waals surface area contributed by atoms with Crippen molar-refractivity contribution in [3.63, 3.8) is 0 Å². The van der Waals surface area contributed by atoms with Crippen molar-refractivity contribution < 1.29 is 14.6 Å². The molecule has 0 bridgehead atoms. The summed E-state index contributed by atoms with van der Waals surface area (Å²) in [6, 6.07) is 0. The standard InChI is InChI=1S/C15H28O3/c1-4-14(2,17-3)13(16)12-7-10-18-15(11-12)8-5-6-9-15/h12-13,16H,4-11H2,1-3H3. The van der Waals surface area contributed by atoms with E-state index in [4.69, 9.17) is 9.47 Å². The molecular weight excluding hydrogens is 228 g/mol. The second-order valence-electron chi connectivity index (χ2n) is 6.31. The summed E-state index contributed by atoms with van der Waals surface area (Å²) in [4.78, 5) is 0. The number of hydrogen-bond donors (Lipinski definition) is 1. The van der Waals surface area contributed by atoms with Crippen LogP contribution in [0.3, 0.4) is 0 Å². The molecule has 2 rings (SSSR count). The SMILES string of the molecule is CCC(C)(OC)C(O)C1CCOC2(CCCC2)C1. The Balaban J connectivity index is 2.04. The first-order chi connectivity index (χ1) is 8.55. The summed E-state index contributed by atoms with van der Waals surface area (Å²) in [5.41, 5.74) is -0.339. The molecule has 3 heteroatoms. The fourth-order valence-electron chi connectivity index (χ4n) is 3.68. The van der Waals surface area contributed by atoms with Gasteiger partial charge in [-0.15, -0.1) is 0 Å². The molecular formula is C15H28O3. The second kappa shape index (κ2) is 5.48. The van der Waals surface area contributed by atoms with Crippen molar-refractivity contribution in [1.82, 2.24) is 0 Å². The zero-order valence-electron chi connectivity index (χ0n) is 12.1. The van der Waals surface area contributed by atoms with Gasteiger partial charge in [0.1, 0.15) is 0 Å². The van der Waals surface area contributed by atoms with Crippen LogP contribution in [0.2, 0.25) is 0 Å². The third kappa shape index (κ3) is 2.59. The van der Waals surface area contributed by atoms with Gasteiger partial charge in [0.25, 0.3) is 0 Å². The fourth-order valence-corrected chi connectivity index (χ4v) is 3.68. The first-order valence-corrected chi connectivity index (χ1v) is 7.42. The molecule has 2 aliphatic rings. The molecule has 0 aromatic heterocycles. The Hall–Kier alpha value is -0.120. The summed E-state index contributed by atoms with van der Waals surface area (Å²) in [5.74, 6) is 0.321. The van der Waals surface area contributed by atoms with Crippen LogP contribution in [-0.4, -0.2) is 36.1 Å². The molecule has 3 nitrogen and oxygen atoms in total. The molecule has 1 aliphatic heterocycles. The lowest BCUT2D eigenvalue weighted by molar-refractivity contribution is -0.161. The summed E-state index contributed by atoms with van der Waals surface area (Å²) >= 11 is 0. The number of aliphatic hydroxyl groups excluding tert-OH is 1. The Labute approximate surface area is 111 Å². The van der Waals surface area contributed by atoms with E-state index in [1.54, 1.807) is 7.11 Å². The van der Waals surface area contributed by atoms with E-state index in [1.807, 2.05) is 6.92 Å². The van der Waals surface area contributed by atoms with Gasteiger partial charge in [0, 0.05) is 13.7 Å². The lowest BCUT2D eigenvalue weighted by Crippen LogP contribution is -2.50. The molecule has 1 saturated heterocycles. The van der Waals surface area contributed by atoms with Gasteiger partial charge in [-0.3, -0.25) is 0 Å². The monoisotopic (exact) mass is 256 g/mol. The van der Waals surface area contributed by atoms with Crippen molar-refractivity contribution >= 4 is 0 Å². The van der Waals surface area contributed by atoms with Crippen molar-refractivity contribution in [2.24, 2.45) is 5.92 Å².